The SMILES string of the molecule is CC.CNC(=O)Nc1ccc(C(=O)N2CCC(N(C)C)CC2)cc1. The number of piperidine rings is 1. The molecule has 1 heterocycles. The predicted octanol–water partition coefficient (Wildman–Crippen LogP) is 2.63. The number of nitrogens with zero attached hydrogens (tertiary/aromatic N) is 2. The molecule has 1 saturated heterocycles. The van der Waals surface area contributed by atoms with Crippen LogP contribution in [-0.4, -0.2) is 62.0 Å². The van der Waals surface area contributed by atoms with E-state index in [0.29, 0.717) is 17.3 Å². The highest BCUT2D eigenvalue weighted by molar-refractivity contribution is 5.95. The smallest absolute Gasteiger partial charge is 0.318 e. The number of carbonyl (C=O) groups is 2. The van der Waals surface area contributed by atoms with Crippen molar-refractivity contribution in [1.29, 1.82) is 0 Å². The lowest BCUT2D eigenvalue weighted by Gasteiger charge is -2.35. The minimum absolute atomic E-state index is 0.0590. The van der Waals surface area contributed by atoms with Crippen LogP contribution >= 0.6 is 0 Å². The van der Waals surface area contributed by atoms with Crippen molar-refractivity contribution in [3.63, 3.8) is 0 Å². The van der Waals surface area contributed by atoms with Crippen molar-refractivity contribution in [2.75, 3.05) is 39.5 Å². The molecule has 1 aliphatic rings. The highest BCUT2D eigenvalue weighted by atomic mass is 16.2. The monoisotopic (exact) mass is 334 g/mol. The van der Waals surface area contributed by atoms with Crippen molar-refractivity contribution in [1.82, 2.24) is 15.1 Å². The summed E-state index contributed by atoms with van der Waals surface area (Å²) in [6.45, 7) is 5.58. The van der Waals surface area contributed by atoms with Gasteiger partial charge < -0.3 is 20.4 Å². The van der Waals surface area contributed by atoms with Crippen LogP contribution in [0.5, 0.6) is 0 Å². The molecule has 0 spiro atoms. The molecule has 2 rings (SSSR count). The first-order valence-electron chi connectivity index (χ1n) is 8.55. The van der Waals surface area contributed by atoms with E-state index in [4.69, 9.17) is 0 Å². The first kappa shape index (κ1) is 20.0. The topological polar surface area (TPSA) is 64.7 Å². The molecule has 0 atom stereocenters. The number of carbonyl (C=O) groups excluding carboxylic acids is 2. The van der Waals surface area contributed by atoms with E-state index in [1.807, 2.05) is 18.7 Å². The highest BCUT2D eigenvalue weighted by Crippen LogP contribution is 2.18. The number of rotatable bonds is 3. The lowest BCUT2D eigenvalue weighted by atomic mass is 10.0. The largest absolute Gasteiger partial charge is 0.341 e. The quantitative estimate of drug-likeness (QED) is 0.893. The van der Waals surface area contributed by atoms with Crippen molar-refractivity contribution < 1.29 is 9.59 Å². The van der Waals surface area contributed by atoms with Gasteiger partial charge in [0.1, 0.15) is 0 Å². The maximum absolute atomic E-state index is 12.5. The molecule has 0 unspecified atom stereocenters. The first-order chi connectivity index (χ1) is 11.5. The number of urea groups is 1. The van der Waals surface area contributed by atoms with Gasteiger partial charge in [-0.3, -0.25) is 4.79 Å². The van der Waals surface area contributed by atoms with Crippen LogP contribution < -0.4 is 10.6 Å². The van der Waals surface area contributed by atoms with Gasteiger partial charge in [-0.1, -0.05) is 13.8 Å². The van der Waals surface area contributed by atoms with E-state index in [0.717, 1.165) is 25.9 Å². The van der Waals surface area contributed by atoms with E-state index in [-0.39, 0.29) is 11.9 Å². The van der Waals surface area contributed by atoms with Gasteiger partial charge in [0.05, 0.1) is 0 Å². The van der Waals surface area contributed by atoms with Crippen LogP contribution in [0.3, 0.4) is 0 Å². The average Bonchev–Trinajstić information content (AvgIpc) is 2.63. The van der Waals surface area contributed by atoms with Crippen molar-refractivity contribution in [2.45, 2.75) is 32.7 Å². The Balaban J connectivity index is 0.00000139. The second-order valence-corrected chi connectivity index (χ2v) is 5.77. The van der Waals surface area contributed by atoms with Gasteiger partial charge in [-0.05, 0) is 51.2 Å². The summed E-state index contributed by atoms with van der Waals surface area (Å²) in [4.78, 5) is 27.8. The Morgan fingerprint density at radius 2 is 1.62 bits per heavy atom. The maximum atomic E-state index is 12.5. The Morgan fingerprint density at radius 1 is 1.08 bits per heavy atom. The van der Waals surface area contributed by atoms with Gasteiger partial charge >= 0.3 is 6.03 Å². The lowest BCUT2D eigenvalue weighted by Crippen LogP contribution is -2.44. The number of amides is 3. The van der Waals surface area contributed by atoms with Gasteiger partial charge in [-0.2, -0.15) is 0 Å². The maximum Gasteiger partial charge on any atom is 0.318 e. The molecule has 6 nitrogen and oxygen atoms in total. The minimum Gasteiger partial charge on any atom is -0.341 e. The Kier molecular flexibility index (Phi) is 8.26. The van der Waals surface area contributed by atoms with Gasteiger partial charge in [0.15, 0.2) is 0 Å². The predicted molar refractivity (Wildman–Crippen MR) is 98.5 cm³/mol. The molecule has 1 aliphatic heterocycles. The van der Waals surface area contributed by atoms with Gasteiger partial charge in [0.2, 0.25) is 0 Å². The molecule has 0 aromatic heterocycles. The standard InChI is InChI=1S/C16H24N4O2.C2H6/c1-17-16(22)18-13-6-4-12(5-7-13)15(21)20-10-8-14(9-11-20)19(2)3;1-2/h4-7,14H,8-11H2,1-3H3,(H2,17,18,22);1-2H3. The molecule has 1 fully saturated rings. The van der Waals surface area contributed by atoms with Crippen molar-refractivity contribution in [3.8, 4) is 0 Å². The van der Waals surface area contributed by atoms with Gasteiger partial charge in [0, 0.05) is 37.4 Å². The lowest BCUT2D eigenvalue weighted by molar-refractivity contribution is 0.0663. The van der Waals surface area contributed by atoms with Crippen LogP contribution in [-0.2, 0) is 0 Å². The molecule has 1 aromatic rings. The molecule has 6 heteroatoms. The van der Waals surface area contributed by atoms with Gasteiger partial charge in [0.25, 0.3) is 5.91 Å². The highest BCUT2D eigenvalue weighted by Gasteiger charge is 2.24. The summed E-state index contributed by atoms with van der Waals surface area (Å²) >= 11 is 0. The van der Waals surface area contributed by atoms with E-state index < -0.39 is 0 Å². The molecule has 0 saturated carbocycles. The summed E-state index contributed by atoms with van der Waals surface area (Å²) in [6, 6.07) is 7.29. The van der Waals surface area contributed by atoms with Crippen molar-refractivity contribution >= 4 is 17.6 Å². The molecule has 0 aliphatic carbocycles. The molecule has 0 bridgehead atoms. The van der Waals surface area contributed by atoms with Crippen LogP contribution in [0, 0.1) is 0 Å². The number of anilines is 1. The Labute approximate surface area is 145 Å². The number of benzene rings is 1. The molecular formula is C18H30N4O2. The van der Waals surface area contributed by atoms with Crippen LogP contribution in [0.4, 0.5) is 10.5 Å². The number of nitrogens with one attached hydrogen (secondary N) is 2. The van der Waals surface area contributed by atoms with Crippen molar-refractivity contribution in [3.05, 3.63) is 29.8 Å². The van der Waals surface area contributed by atoms with Crippen LogP contribution in [0.1, 0.15) is 37.0 Å². The number of likely N-dealkylation sites (tertiary alicyclic amines) is 1. The minimum atomic E-state index is -0.273. The fourth-order valence-corrected chi connectivity index (χ4v) is 2.66. The van der Waals surface area contributed by atoms with Crippen LogP contribution in [0.15, 0.2) is 24.3 Å². The Hall–Kier alpha value is -2.08. The molecule has 2 N–H and O–H groups in total. The van der Waals surface area contributed by atoms with Crippen LogP contribution in [0.2, 0.25) is 0 Å². The van der Waals surface area contributed by atoms with Crippen LogP contribution in [0.25, 0.3) is 0 Å². The second-order valence-electron chi connectivity index (χ2n) is 5.77. The van der Waals surface area contributed by atoms with E-state index in [9.17, 15) is 9.59 Å². The summed E-state index contributed by atoms with van der Waals surface area (Å²) < 4.78 is 0. The van der Waals surface area contributed by atoms with Gasteiger partial charge in [-0.25, -0.2) is 4.79 Å². The summed E-state index contributed by atoms with van der Waals surface area (Å²) in [6.07, 6.45) is 2.02. The molecule has 3 amide bonds. The normalized spacial score (nSPS) is 14.7. The number of hydrogen-bond acceptors (Lipinski definition) is 3. The summed E-state index contributed by atoms with van der Waals surface area (Å²) in [7, 11) is 5.73. The first-order valence-corrected chi connectivity index (χ1v) is 8.55. The van der Waals surface area contributed by atoms with E-state index in [2.05, 4.69) is 29.6 Å². The fourth-order valence-electron chi connectivity index (χ4n) is 2.66. The molecule has 134 valence electrons. The molecular weight excluding hydrogens is 304 g/mol. The molecule has 1 aromatic carbocycles. The third kappa shape index (κ3) is 5.53. The molecule has 24 heavy (non-hydrogen) atoms. The second kappa shape index (κ2) is 9.93. The zero-order chi connectivity index (χ0) is 18.1. The van der Waals surface area contributed by atoms with E-state index in [1.165, 1.54) is 0 Å². The molecule has 0 radical (unpaired) electrons. The Bertz CT molecular complexity index is 520. The Morgan fingerprint density at radius 3 is 2.08 bits per heavy atom. The summed E-state index contributed by atoms with van der Waals surface area (Å²) in [5.41, 5.74) is 1.33. The third-order valence-electron chi connectivity index (χ3n) is 4.10. The fraction of sp³-hybridized carbons (Fsp3) is 0.556. The van der Waals surface area contributed by atoms with Gasteiger partial charge in [-0.15, -0.1) is 0 Å². The van der Waals surface area contributed by atoms with E-state index in [1.54, 1.807) is 31.3 Å². The average molecular weight is 334 g/mol. The summed E-state index contributed by atoms with van der Waals surface area (Å²) in [5.74, 6) is 0.0590. The van der Waals surface area contributed by atoms with Crippen molar-refractivity contribution in [2.24, 2.45) is 0 Å². The zero-order valence-electron chi connectivity index (χ0n) is 15.4. The summed E-state index contributed by atoms with van der Waals surface area (Å²) in [5, 5.41) is 5.16. The zero-order valence-corrected chi connectivity index (χ0v) is 15.4. The van der Waals surface area contributed by atoms with E-state index >= 15 is 0 Å². The third-order valence-corrected chi connectivity index (χ3v) is 4.10. The number of hydrogen-bond donors (Lipinski definition) is 2.